The van der Waals surface area contributed by atoms with Crippen LogP contribution in [-0.4, -0.2) is 13.6 Å². The fourth-order valence-corrected chi connectivity index (χ4v) is 2.68. The van der Waals surface area contributed by atoms with Crippen molar-refractivity contribution in [1.29, 1.82) is 0 Å². The molecular formula is C17H20BrN. The second-order valence-corrected chi connectivity index (χ2v) is 5.92. The third kappa shape index (κ3) is 4.19. The Kier molecular flexibility index (Phi) is 5.17. The number of hydrogen-bond donors (Lipinski definition) is 1. The standard InChI is InChI=1S/C17H20BrN/c1-13-4-3-5-14(10-13)11-16(12-19-2)15-6-8-17(18)9-7-15/h3-10,16,19H,11-12H2,1-2H3. The average Bonchev–Trinajstić information content (AvgIpc) is 2.39. The van der Waals surface area contributed by atoms with E-state index in [1.54, 1.807) is 0 Å². The smallest absolute Gasteiger partial charge is 0.0175 e. The van der Waals surface area contributed by atoms with Gasteiger partial charge in [0.2, 0.25) is 0 Å². The highest BCUT2D eigenvalue weighted by atomic mass is 79.9. The predicted octanol–water partition coefficient (Wildman–Crippen LogP) is 4.30. The van der Waals surface area contributed by atoms with Crippen LogP contribution in [0.1, 0.15) is 22.6 Å². The topological polar surface area (TPSA) is 12.0 Å². The van der Waals surface area contributed by atoms with Crippen LogP contribution in [0.3, 0.4) is 0 Å². The summed E-state index contributed by atoms with van der Waals surface area (Å²) in [6, 6.07) is 17.4. The summed E-state index contributed by atoms with van der Waals surface area (Å²) in [5.41, 5.74) is 4.12. The van der Waals surface area contributed by atoms with Crippen molar-refractivity contribution in [2.45, 2.75) is 19.3 Å². The van der Waals surface area contributed by atoms with E-state index in [9.17, 15) is 0 Å². The van der Waals surface area contributed by atoms with E-state index in [2.05, 4.69) is 76.7 Å². The van der Waals surface area contributed by atoms with Crippen LogP contribution in [0.15, 0.2) is 53.0 Å². The summed E-state index contributed by atoms with van der Waals surface area (Å²) in [5, 5.41) is 3.30. The minimum absolute atomic E-state index is 0.514. The Morgan fingerprint density at radius 1 is 1.11 bits per heavy atom. The quantitative estimate of drug-likeness (QED) is 0.866. The monoisotopic (exact) mass is 317 g/mol. The first-order valence-corrected chi connectivity index (χ1v) is 7.44. The van der Waals surface area contributed by atoms with Crippen LogP contribution in [-0.2, 0) is 6.42 Å². The molecule has 100 valence electrons. The molecule has 1 nitrogen and oxygen atoms in total. The first-order valence-electron chi connectivity index (χ1n) is 6.64. The van der Waals surface area contributed by atoms with Gasteiger partial charge < -0.3 is 5.32 Å². The molecule has 1 atom stereocenters. The lowest BCUT2D eigenvalue weighted by molar-refractivity contribution is 0.625. The molecule has 19 heavy (non-hydrogen) atoms. The van der Waals surface area contributed by atoms with E-state index < -0.39 is 0 Å². The molecule has 1 N–H and O–H groups in total. The van der Waals surface area contributed by atoms with Crippen LogP contribution in [0.25, 0.3) is 0 Å². The van der Waals surface area contributed by atoms with E-state index in [1.165, 1.54) is 16.7 Å². The van der Waals surface area contributed by atoms with Gasteiger partial charge >= 0.3 is 0 Å². The summed E-state index contributed by atoms with van der Waals surface area (Å²) in [4.78, 5) is 0. The van der Waals surface area contributed by atoms with Gasteiger partial charge in [-0.15, -0.1) is 0 Å². The van der Waals surface area contributed by atoms with Gasteiger partial charge in [-0.05, 0) is 43.7 Å². The largest absolute Gasteiger partial charge is 0.319 e. The van der Waals surface area contributed by atoms with Crippen molar-refractivity contribution in [2.75, 3.05) is 13.6 Å². The molecule has 0 aliphatic rings. The van der Waals surface area contributed by atoms with Crippen LogP contribution >= 0.6 is 15.9 Å². The summed E-state index contributed by atoms with van der Waals surface area (Å²) in [5.74, 6) is 0.514. The maximum atomic E-state index is 3.49. The van der Waals surface area contributed by atoms with Crippen molar-refractivity contribution in [3.63, 3.8) is 0 Å². The predicted molar refractivity (Wildman–Crippen MR) is 85.7 cm³/mol. The Bertz CT molecular complexity index is 519. The van der Waals surface area contributed by atoms with Crippen molar-refractivity contribution in [3.05, 3.63) is 69.7 Å². The highest BCUT2D eigenvalue weighted by Gasteiger charge is 2.11. The first kappa shape index (κ1) is 14.3. The Hall–Kier alpha value is -1.12. The summed E-state index contributed by atoms with van der Waals surface area (Å²) < 4.78 is 1.13. The summed E-state index contributed by atoms with van der Waals surface area (Å²) in [6.45, 7) is 3.14. The molecular weight excluding hydrogens is 298 g/mol. The molecule has 2 aromatic rings. The van der Waals surface area contributed by atoms with Crippen molar-refractivity contribution < 1.29 is 0 Å². The Morgan fingerprint density at radius 3 is 2.47 bits per heavy atom. The molecule has 0 amide bonds. The molecule has 0 aromatic heterocycles. The Morgan fingerprint density at radius 2 is 1.84 bits per heavy atom. The number of hydrogen-bond acceptors (Lipinski definition) is 1. The van der Waals surface area contributed by atoms with Gasteiger partial charge in [-0.2, -0.15) is 0 Å². The normalized spacial score (nSPS) is 12.4. The number of halogens is 1. The highest BCUT2D eigenvalue weighted by molar-refractivity contribution is 9.10. The molecule has 0 saturated heterocycles. The van der Waals surface area contributed by atoms with Gasteiger partial charge in [0.25, 0.3) is 0 Å². The minimum Gasteiger partial charge on any atom is -0.319 e. The van der Waals surface area contributed by atoms with E-state index in [0.717, 1.165) is 17.4 Å². The van der Waals surface area contributed by atoms with E-state index in [-0.39, 0.29) is 0 Å². The average molecular weight is 318 g/mol. The number of likely N-dealkylation sites (N-methyl/N-ethyl adjacent to an activating group) is 1. The van der Waals surface area contributed by atoms with Gasteiger partial charge in [-0.1, -0.05) is 57.9 Å². The lowest BCUT2D eigenvalue weighted by Crippen LogP contribution is -2.19. The van der Waals surface area contributed by atoms with Crippen LogP contribution in [0.2, 0.25) is 0 Å². The molecule has 0 spiro atoms. The van der Waals surface area contributed by atoms with E-state index in [4.69, 9.17) is 0 Å². The van der Waals surface area contributed by atoms with Crippen LogP contribution in [0.4, 0.5) is 0 Å². The van der Waals surface area contributed by atoms with Crippen molar-refractivity contribution in [2.24, 2.45) is 0 Å². The van der Waals surface area contributed by atoms with Gasteiger partial charge in [0.15, 0.2) is 0 Å². The maximum Gasteiger partial charge on any atom is 0.0175 e. The number of rotatable bonds is 5. The van der Waals surface area contributed by atoms with Crippen LogP contribution in [0.5, 0.6) is 0 Å². The number of nitrogens with one attached hydrogen (secondary N) is 1. The zero-order valence-electron chi connectivity index (χ0n) is 11.5. The molecule has 0 fully saturated rings. The summed E-state index contributed by atoms with van der Waals surface area (Å²) in [6.07, 6.45) is 1.07. The highest BCUT2D eigenvalue weighted by Crippen LogP contribution is 2.22. The van der Waals surface area contributed by atoms with E-state index >= 15 is 0 Å². The van der Waals surface area contributed by atoms with Gasteiger partial charge in [-0.25, -0.2) is 0 Å². The Labute approximate surface area is 124 Å². The van der Waals surface area contributed by atoms with Crippen molar-refractivity contribution >= 4 is 15.9 Å². The van der Waals surface area contributed by atoms with Crippen LogP contribution in [0, 0.1) is 6.92 Å². The summed E-state index contributed by atoms with van der Waals surface area (Å²) in [7, 11) is 2.02. The summed E-state index contributed by atoms with van der Waals surface area (Å²) >= 11 is 3.49. The van der Waals surface area contributed by atoms with E-state index in [1.807, 2.05) is 7.05 Å². The van der Waals surface area contributed by atoms with Gasteiger partial charge in [-0.3, -0.25) is 0 Å². The molecule has 2 heteroatoms. The molecule has 0 aliphatic carbocycles. The molecule has 0 aliphatic heterocycles. The Balaban J connectivity index is 2.18. The molecule has 0 radical (unpaired) electrons. The molecule has 0 saturated carbocycles. The van der Waals surface area contributed by atoms with Gasteiger partial charge in [0.1, 0.15) is 0 Å². The first-order chi connectivity index (χ1) is 9.19. The second-order valence-electron chi connectivity index (χ2n) is 5.00. The third-order valence-electron chi connectivity index (χ3n) is 3.36. The fraction of sp³-hybridized carbons (Fsp3) is 0.294. The van der Waals surface area contributed by atoms with Crippen molar-refractivity contribution in [1.82, 2.24) is 5.32 Å². The molecule has 0 bridgehead atoms. The number of benzene rings is 2. The van der Waals surface area contributed by atoms with Gasteiger partial charge in [0, 0.05) is 16.9 Å². The second kappa shape index (κ2) is 6.88. The van der Waals surface area contributed by atoms with E-state index in [0.29, 0.717) is 5.92 Å². The molecule has 1 unspecified atom stereocenters. The fourth-order valence-electron chi connectivity index (χ4n) is 2.41. The zero-order valence-corrected chi connectivity index (χ0v) is 13.1. The van der Waals surface area contributed by atoms with Gasteiger partial charge in [0.05, 0.1) is 0 Å². The minimum atomic E-state index is 0.514. The maximum absolute atomic E-state index is 3.49. The lowest BCUT2D eigenvalue weighted by atomic mass is 9.91. The SMILES string of the molecule is CNCC(Cc1cccc(C)c1)c1ccc(Br)cc1. The molecule has 2 aromatic carbocycles. The molecule has 0 heterocycles. The number of aryl methyl sites for hydroxylation is 1. The van der Waals surface area contributed by atoms with Crippen LogP contribution < -0.4 is 5.32 Å². The van der Waals surface area contributed by atoms with Crippen molar-refractivity contribution in [3.8, 4) is 0 Å². The lowest BCUT2D eigenvalue weighted by Gasteiger charge is -2.17. The third-order valence-corrected chi connectivity index (χ3v) is 3.89. The zero-order chi connectivity index (χ0) is 13.7. The molecule has 2 rings (SSSR count).